The summed E-state index contributed by atoms with van der Waals surface area (Å²) in [5.41, 5.74) is 1.43. The number of nitrogens with one attached hydrogen (secondary N) is 1. The number of nitrogens with zero attached hydrogens (tertiary/aromatic N) is 2. The molecule has 1 aromatic heterocycles. The van der Waals surface area contributed by atoms with Gasteiger partial charge in [0.1, 0.15) is 22.9 Å². The van der Waals surface area contributed by atoms with Gasteiger partial charge in [-0.15, -0.1) is 0 Å². The molecule has 1 aromatic carbocycles. The van der Waals surface area contributed by atoms with Crippen LogP contribution in [0.5, 0.6) is 5.75 Å². The fourth-order valence-corrected chi connectivity index (χ4v) is 2.98. The minimum absolute atomic E-state index is 0.0602. The number of aryl methyl sites for hydroxylation is 1. The van der Waals surface area contributed by atoms with E-state index in [1.165, 1.54) is 0 Å². The molecule has 1 saturated carbocycles. The summed E-state index contributed by atoms with van der Waals surface area (Å²) in [6.07, 6.45) is 2.48. The van der Waals surface area contributed by atoms with E-state index in [1.54, 1.807) is 0 Å². The first-order valence-electron chi connectivity index (χ1n) is 7.29. The van der Waals surface area contributed by atoms with Crippen LogP contribution in [-0.4, -0.2) is 23.7 Å². The maximum Gasteiger partial charge on any atom is 0.145 e. The minimum atomic E-state index is -0.446. The number of aromatic nitrogens is 1. The second kappa shape index (κ2) is 5.34. The Labute approximate surface area is 124 Å². The summed E-state index contributed by atoms with van der Waals surface area (Å²) < 4.78 is 6.15. The summed E-state index contributed by atoms with van der Waals surface area (Å²) in [6, 6.07) is 12.4. The Hall–Kier alpha value is -2.12. The van der Waals surface area contributed by atoms with Crippen LogP contribution in [0, 0.1) is 18.3 Å². The molecule has 1 fully saturated rings. The van der Waals surface area contributed by atoms with E-state index in [1.807, 2.05) is 38.2 Å². The number of hydrogen-bond donors (Lipinski definition) is 1. The van der Waals surface area contributed by atoms with E-state index < -0.39 is 5.54 Å². The predicted octanol–water partition coefficient (Wildman–Crippen LogP) is 2.96. The zero-order chi connectivity index (χ0) is 14.9. The summed E-state index contributed by atoms with van der Waals surface area (Å²) >= 11 is 0. The van der Waals surface area contributed by atoms with Crippen LogP contribution >= 0.6 is 0 Å². The molecule has 0 radical (unpaired) electrons. The van der Waals surface area contributed by atoms with E-state index in [0.29, 0.717) is 6.42 Å². The van der Waals surface area contributed by atoms with Crippen LogP contribution < -0.4 is 10.1 Å². The fraction of sp³-hybridized carbons (Fsp3) is 0.412. The topological polar surface area (TPSA) is 57.9 Å². The zero-order valence-electron chi connectivity index (χ0n) is 12.4. The highest BCUT2D eigenvalue weighted by atomic mass is 16.5. The molecule has 0 saturated heterocycles. The maximum atomic E-state index is 9.33. The molecule has 4 heteroatoms. The van der Waals surface area contributed by atoms with Crippen molar-refractivity contribution < 1.29 is 4.74 Å². The van der Waals surface area contributed by atoms with Gasteiger partial charge in [-0.25, -0.2) is 4.98 Å². The first-order valence-corrected chi connectivity index (χ1v) is 7.29. The maximum absolute atomic E-state index is 9.33. The van der Waals surface area contributed by atoms with E-state index in [4.69, 9.17) is 4.74 Å². The molecule has 3 rings (SSSR count). The number of nitriles is 1. The number of fused-ring (bicyclic) bond motifs is 1. The highest BCUT2D eigenvalue weighted by Gasteiger charge is 2.39. The molecule has 2 unspecified atom stereocenters. The molecule has 0 amide bonds. The first-order chi connectivity index (χ1) is 10.2. The highest BCUT2D eigenvalue weighted by Crippen LogP contribution is 2.34. The summed E-state index contributed by atoms with van der Waals surface area (Å²) in [7, 11) is 1.84. The van der Waals surface area contributed by atoms with Crippen molar-refractivity contribution in [3.8, 4) is 11.8 Å². The highest BCUT2D eigenvalue weighted by molar-refractivity contribution is 5.84. The third-order valence-electron chi connectivity index (χ3n) is 4.28. The summed E-state index contributed by atoms with van der Waals surface area (Å²) in [5.74, 6) is 0.811. The molecule has 0 bridgehead atoms. The lowest BCUT2D eigenvalue weighted by molar-refractivity contribution is 0.204. The van der Waals surface area contributed by atoms with Crippen molar-refractivity contribution in [3.05, 3.63) is 36.0 Å². The molecule has 2 atom stereocenters. The van der Waals surface area contributed by atoms with Gasteiger partial charge < -0.3 is 10.1 Å². The van der Waals surface area contributed by atoms with E-state index in [0.717, 1.165) is 35.2 Å². The Morgan fingerprint density at radius 1 is 1.38 bits per heavy atom. The standard InChI is InChI=1S/C17H19N3O/c1-12-6-7-13-4-3-5-15(16(13)20-12)21-14-8-9-17(10-14,11-18)19-2/h3-7,14,19H,8-10H2,1-2H3. The van der Waals surface area contributed by atoms with Gasteiger partial charge >= 0.3 is 0 Å². The molecule has 1 aliphatic carbocycles. The van der Waals surface area contributed by atoms with E-state index >= 15 is 0 Å². The van der Waals surface area contributed by atoms with Gasteiger partial charge in [0.25, 0.3) is 0 Å². The zero-order valence-corrected chi connectivity index (χ0v) is 12.4. The van der Waals surface area contributed by atoms with Crippen LogP contribution in [0.15, 0.2) is 30.3 Å². The van der Waals surface area contributed by atoms with Gasteiger partial charge in [-0.3, -0.25) is 0 Å². The van der Waals surface area contributed by atoms with Crippen molar-refractivity contribution in [2.75, 3.05) is 7.05 Å². The fourth-order valence-electron chi connectivity index (χ4n) is 2.98. The molecule has 2 aromatic rings. The van der Waals surface area contributed by atoms with Crippen LogP contribution in [0.3, 0.4) is 0 Å². The number of rotatable bonds is 3. The number of hydrogen-bond acceptors (Lipinski definition) is 4. The Morgan fingerprint density at radius 2 is 2.24 bits per heavy atom. The van der Waals surface area contributed by atoms with Gasteiger partial charge in [0.15, 0.2) is 0 Å². The molecule has 1 aliphatic rings. The van der Waals surface area contributed by atoms with E-state index in [-0.39, 0.29) is 6.10 Å². The smallest absolute Gasteiger partial charge is 0.145 e. The van der Waals surface area contributed by atoms with Gasteiger partial charge in [-0.2, -0.15) is 5.26 Å². The Balaban J connectivity index is 1.87. The first kappa shape index (κ1) is 13.8. The van der Waals surface area contributed by atoms with Crippen LogP contribution in [-0.2, 0) is 0 Å². The van der Waals surface area contributed by atoms with Gasteiger partial charge in [0.05, 0.1) is 6.07 Å². The minimum Gasteiger partial charge on any atom is -0.488 e. The number of benzene rings is 1. The Kier molecular flexibility index (Phi) is 3.52. The van der Waals surface area contributed by atoms with Crippen molar-refractivity contribution in [1.29, 1.82) is 5.26 Å². The second-order valence-corrected chi connectivity index (χ2v) is 5.71. The predicted molar refractivity (Wildman–Crippen MR) is 82.2 cm³/mol. The number of para-hydroxylation sites is 1. The Morgan fingerprint density at radius 3 is 2.95 bits per heavy atom. The van der Waals surface area contributed by atoms with Crippen molar-refractivity contribution in [2.24, 2.45) is 0 Å². The van der Waals surface area contributed by atoms with Crippen molar-refractivity contribution in [2.45, 2.75) is 37.8 Å². The summed E-state index contributed by atoms with van der Waals surface area (Å²) in [4.78, 5) is 4.59. The SMILES string of the molecule is CNC1(C#N)CCC(Oc2cccc3ccc(C)nc23)C1. The third-order valence-corrected chi connectivity index (χ3v) is 4.28. The van der Waals surface area contributed by atoms with Gasteiger partial charge in [-0.05, 0) is 38.9 Å². The van der Waals surface area contributed by atoms with Gasteiger partial charge in [0.2, 0.25) is 0 Å². The van der Waals surface area contributed by atoms with Crippen LogP contribution in [0.1, 0.15) is 25.0 Å². The van der Waals surface area contributed by atoms with Crippen LogP contribution in [0.25, 0.3) is 10.9 Å². The Bertz CT molecular complexity index is 707. The van der Waals surface area contributed by atoms with E-state index in [2.05, 4.69) is 22.4 Å². The molecule has 0 aliphatic heterocycles. The van der Waals surface area contributed by atoms with Gasteiger partial charge in [0, 0.05) is 17.5 Å². The van der Waals surface area contributed by atoms with Gasteiger partial charge in [-0.1, -0.05) is 18.2 Å². The molecule has 1 heterocycles. The lowest BCUT2D eigenvalue weighted by Gasteiger charge is -2.20. The van der Waals surface area contributed by atoms with Crippen LogP contribution in [0.4, 0.5) is 0 Å². The normalized spacial score (nSPS) is 24.9. The third kappa shape index (κ3) is 2.57. The number of ether oxygens (including phenoxy) is 1. The average molecular weight is 281 g/mol. The quantitative estimate of drug-likeness (QED) is 0.939. The summed E-state index contributed by atoms with van der Waals surface area (Å²) in [5, 5.41) is 13.5. The molecular weight excluding hydrogens is 262 g/mol. The lowest BCUT2D eigenvalue weighted by Crippen LogP contribution is -2.39. The van der Waals surface area contributed by atoms with E-state index in [9.17, 15) is 5.26 Å². The largest absolute Gasteiger partial charge is 0.488 e. The van der Waals surface area contributed by atoms with Crippen molar-refractivity contribution >= 4 is 10.9 Å². The molecule has 4 nitrogen and oxygen atoms in total. The molecular formula is C17H19N3O. The molecule has 21 heavy (non-hydrogen) atoms. The molecule has 1 N–H and O–H groups in total. The lowest BCUT2D eigenvalue weighted by atomic mass is 10.0. The molecule has 108 valence electrons. The monoisotopic (exact) mass is 281 g/mol. The van der Waals surface area contributed by atoms with Crippen molar-refractivity contribution in [3.63, 3.8) is 0 Å². The number of pyridine rings is 1. The van der Waals surface area contributed by atoms with Crippen LogP contribution in [0.2, 0.25) is 0 Å². The molecule has 0 spiro atoms. The van der Waals surface area contributed by atoms with Crippen molar-refractivity contribution in [1.82, 2.24) is 10.3 Å². The summed E-state index contributed by atoms with van der Waals surface area (Å²) in [6.45, 7) is 1.98. The average Bonchev–Trinajstić information content (AvgIpc) is 2.92. The second-order valence-electron chi connectivity index (χ2n) is 5.71.